The molecule has 0 saturated carbocycles. The zero-order valence-corrected chi connectivity index (χ0v) is 15.5. The molecule has 4 heteroatoms. The second kappa shape index (κ2) is 6.85. The first-order valence-corrected chi connectivity index (χ1v) is 9.01. The average molecular weight is 362 g/mol. The maximum atomic E-state index is 6.11. The number of rotatable bonds is 4. The number of aromatic nitrogens is 2. The Morgan fingerprint density at radius 3 is 2.54 bits per heavy atom. The van der Waals surface area contributed by atoms with Crippen molar-refractivity contribution in [3.8, 4) is 0 Å². The SMILES string of the molecule is Cc1ccnc(N[C@@H](c2ccc(Cl)cc2)c2c(C)[nH]c3ccccc23)c1. The topological polar surface area (TPSA) is 40.7 Å². The number of hydrogen-bond donors (Lipinski definition) is 2. The largest absolute Gasteiger partial charge is 0.359 e. The Morgan fingerprint density at radius 2 is 1.77 bits per heavy atom. The van der Waals surface area contributed by atoms with Crippen LogP contribution >= 0.6 is 11.6 Å². The van der Waals surface area contributed by atoms with E-state index in [4.69, 9.17) is 11.6 Å². The summed E-state index contributed by atoms with van der Waals surface area (Å²) in [7, 11) is 0. The van der Waals surface area contributed by atoms with Gasteiger partial charge in [0.25, 0.3) is 0 Å². The van der Waals surface area contributed by atoms with Crippen LogP contribution in [0.4, 0.5) is 5.82 Å². The summed E-state index contributed by atoms with van der Waals surface area (Å²) >= 11 is 6.11. The van der Waals surface area contributed by atoms with E-state index in [-0.39, 0.29) is 6.04 Å². The minimum absolute atomic E-state index is 0.0299. The molecule has 0 amide bonds. The van der Waals surface area contributed by atoms with E-state index in [0.717, 1.165) is 27.6 Å². The van der Waals surface area contributed by atoms with Crippen molar-refractivity contribution < 1.29 is 0 Å². The first kappa shape index (κ1) is 16.7. The molecule has 0 aliphatic rings. The van der Waals surface area contributed by atoms with Crippen molar-refractivity contribution >= 4 is 28.3 Å². The molecule has 4 aromatic rings. The number of nitrogens with zero attached hydrogens (tertiary/aromatic N) is 1. The number of para-hydroxylation sites is 1. The monoisotopic (exact) mass is 361 g/mol. The highest BCUT2D eigenvalue weighted by molar-refractivity contribution is 6.30. The number of nitrogens with one attached hydrogen (secondary N) is 2. The predicted molar refractivity (Wildman–Crippen MR) is 109 cm³/mol. The second-order valence-electron chi connectivity index (χ2n) is 6.56. The van der Waals surface area contributed by atoms with Crippen molar-refractivity contribution in [1.82, 2.24) is 9.97 Å². The molecule has 0 fully saturated rings. The minimum Gasteiger partial charge on any atom is -0.359 e. The molecular weight excluding hydrogens is 342 g/mol. The summed E-state index contributed by atoms with van der Waals surface area (Å²) in [4.78, 5) is 7.99. The van der Waals surface area contributed by atoms with Crippen molar-refractivity contribution in [1.29, 1.82) is 0 Å². The van der Waals surface area contributed by atoms with Crippen molar-refractivity contribution in [3.63, 3.8) is 0 Å². The third-order valence-corrected chi connectivity index (χ3v) is 4.90. The summed E-state index contributed by atoms with van der Waals surface area (Å²) in [6.07, 6.45) is 1.83. The molecule has 0 bridgehead atoms. The van der Waals surface area contributed by atoms with Crippen LogP contribution in [-0.4, -0.2) is 9.97 Å². The van der Waals surface area contributed by atoms with E-state index < -0.39 is 0 Å². The third kappa shape index (κ3) is 3.18. The maximum absolute atomic E-state index is 6.11. The van der Waals surface area contributed by atoms with Gasteiger partial charge >= 0.3 is 0 Å². The maximum Gasteiger partial charge on any atom is 0.126 e. The molecule has 2 aromatic heterocycles. The van der Waals surface area contributed by atoms with E-state index in [1.54, 1.807) is 0 Å². The Kier molecular flexibility index (Phi) is 4.39. The van der Waals surface area contributed by atoms with Crippen LogP contribution < -0.4 is 5.32 Å². The Bertz CT molecular complexity index is 1050. The molecule has 2 aromatic carbocycles. The quantitative estimate of drug-likeness (QED) is 0.465. The average Bonchev–Trinajstić information content (AvgIpc) is 2.96. The summed E-state index contributed by atoms with van der Waals surface area (Å²) in [6, 6.07) is 20.4. The van der Waals surface area contributed by atoms with Gasteiger partial charge in [-0.05, 0) is 55.3 Å². The Hall–Kier alpha value is -2.78. The van der Waals surface area contributed by atoms with Gasteiger partial charge in [-0.1, -0.05) is 41.9 Å². The normalized spacial score (nSPS) is 12.3. The van der Waals surface area contributed by atoms with Gasteiger partial charge in [0.15, 0.2) is 0 Å². The van der Waals surface area contributed by atoms with Crippen LogP contribution in [0, 0.1) is 13.8 Å². The summed E-state index contributed by atoms with van der Waals surface area (Å²) in [5, 5.41) is 5.56. The summed E-state index contributed by atoms with van der Waals surface area (Å²) in [5.41, 5.74) is 5.83. The molecule has 2 N–H and O–H groups in total. The zero-order valence-electron chi connectivity index (χ0n) is 14.8. The standard InChI is InChI=1S/C22H20ClN3/c1-14-11-12-24-20(13-14)26-22(16-7-9-17(23)10-8-16)21-15(2)25-19-6-4-3-5-18(19)21/h3-13,22,25H,1-2H3,(H,24,26)/t22-/m0/s1. The molecule has 4 rings (SSSR count). The van der Waals surface area contributed by atoms with E-state index in [1.165, 1.54) is 16.5 Å². The number of pyridine rings is 1. The molecule has 0 unspecified atom stereocenters. The molecule has 0 radical (unpaired) electrons. The first-order chi connectivity index (χ1) is 12.6. The lowest BCUT2D eigenvalue weighted by Gasteiger charge is -2.21. The smallest absolute Gasteiger partial charge is 0.126 e. The van der Waals surface area contributed by atoms with Gasteiger partial charge in [0, 0.05) is 33.4 Å². The predicted octanol–water partition coefficient (Wildman–Crippen LogP) is 6.03. The molecule has 26 heavy (non-hydrogen) atoms. The lowest BCUT2D eigenvalue weighted by molar-refractivity contribution is 0.921. The van der Waals surface area contributed by atoms with E-state index >= 15 is 0 Å². The minimum atomic E-state index is -0.0299. The van der Waals surface area contributed by atoms with Crippen LogP contribution in [0.25, 0.3) is 10.9 Å². The lowest BCUT2D eigenvalue weighted by Crippen LogP contribution is -2.14. The highest BCUT2D eigenvalue weighted by Crippen LogP contribution is 2.34. The Morgan fingerprint density at radius 1 is 1.00 bits per heavy atom. The lowest BCUT2D eigenvalue weighted by atomic mass is 9.96. The molecule has 130 valence electrons. The van der Waals surface area contributed by atoms with Gasteiger partial charge < -0.3 is 10.3 Å². The van der Waals surface area contributed by atoms with E-state index in [2.05, 4.69) is 71.6 Å². The van der Waals surface area contributed by atoms with Gasteiger partial charge in [-0.2, -0.15) is 0 Å². The van der Waals surface area contributed by atoms with Crippen molar-refractivity contribution in [3.05, 3.63) is 94.3 Å². The Labute approximate surface area is 158 Å². The van der Waals surface area contributed by atoms with Crippen LogP contribution in [0.2, 0.25) is 5.02 Å². The summed E-state index contributed by atoms with van der Waals surface area (Å²) < 4.78 is 0. The van der Waals surface area contributed by atoms with Crippen LogP contribution in [0.5, 0.6) is 0 Å². The van der Waals surface area contributed by atoms with Crippen molar-refractivity contribution in [2.24, 2.45) is 0 Å². The van der Waals surface area contributed by atoms with Gasteiger partial charge in [0.1, 0.15) is 5.82 Å². The molecule has 2 heterocycles. The number of halogens is 1. The van der Waals surface area contributed by atoms with Gasteiger partial charge in [0.2, 0.25) is 0 Å². The Balaban J connectivity index is 1.87. The zero-order chi connectivity index (χ0) is 18.1. The van der Waals surface area contributed by atoms with E-state index in [9.17, 15) is 0 Å². The molecule has 3 nitrogen and oxygen atoms in total. The second-order valence-corrected chi connectivity index (χ2v) is 6.99. The number of aryl methyl sites for hydroxylation is 2. The number of anilines is 1. The number of hydrogen-bond acceptors (Lipinski definition) is 2. The summed E-state index contributed by atoms with van der Waals surface area (Å²) in [5.74, 6) is 0.856. The number of fused-ring (bicyclic) bond motifs is 1. The highest BCUT2D eigenvalue weighted by atomic mass is 35.5. The fourth-order valence-electron chi connectivity index (χ4n) is 3.41. The van der Waals surface area contributed by atoms with Crippen LogP contribution in [0.3, 0.4) is 0 Å². The van der Waals surface area contributed by atoms with E-state index in [0.29, 0.717) is 0 Å². The van der Waals surface area contributed by atoms with E-state index in [1.807, 2.05) is 24.4 Å². The molecular formula is C22H20ClN3. The van der Waals surface area contributed by atoms with Crippen molar-refractivity contribution in [2.45, 2.75) is 19.9 Å². The van der Waals surface area contributed by atoms with Gasteiger partial charge in [-0.3, -0.25) is 0 Å². The van der Waals surface area contributed by atoms with Gasteiger partial charge in [-0.15, -0.1) is 0 Å². The van der Waals surface area contributed by atoms with Crippen LogP contribution in [0.15, 0.2) is 66.9 Å². The van der Waals surface area contributed by atoms with Gasteiger partial charge in [0.05, 0.1) is 6.04 Å². The molecule has 0 aliphatic heterocycles. The first-order valence-electron chi connectivity index (χ1n) is 8.63. The third-order valence-electron chi connectivity index (χ3n) is 4.64. The fraction of sp³-hybridized carbons (Fsp3) is 0.136. The fourth-order valence-corrected chi connectivity index (χ4v) is 3.54. The molecule has 1 atom stereocenters. The molecule has 0 spiro atoms. The number of benzene rings is 2. The molecule has 0 saturated heterocycles. The number of aromatic amines is 1. The van der Waals surface area contributed by atoms with Gasteiger partial charge in [-0.25, -0.2) is 4.98 Å². The van der Waals surface area contributed by atoms with Crippen molar-refractivity contribution in [2.75, 3.05) is 5.32 Å². The van der Waals surface area contributed by atoms with Crippen LogP contribution in [0.1, 0.15) is 28.4 Å². The van der Waals surface area contributed by atoms with Crippen LogP contribution in [-0.2, 0) is 0 Å². The number of H-pyrrole nitrogens is 1. The summed E-state index contributed by atoms with van der Waals surface area (Å²) in [6.45, 7) is 4.19. The highest BCUT2D eigenvalue weighted by Gasteiger charge is 2.21. The molecule has 0 aliphatic carbocycles.